The van der Waals surface area contributed by atoms with Crippen molar-refractivity contribution in [2.24, 2.45) is 5.10 Å². The lowest BCUT2D eigenvalue weighted by molar-refractivity contribution is -0.384. The second-order valence-corrected chi connectivity index (χ2v) is 6.49. The molecule has 0 atom stereocenters. The number of carbonyl (C=O) groups excluding carboxylic acids is 2. The van der Waals surface area contributed by atoms with Crippen LogP contribution in [-0.2, 0) is 16.0 Å². The predicted octanol–water partition coefficient (Wildman–Crippen LogP) is 3.32. The largest absolute Gasteiger partial charge is 0.496 e. The maximum atomic E-state index is 12.1. The molecule has 0 radical (unpaired) electrons. The van der Waals surface area contributed by atoms with E-state index in [0.717, 1.165) is 5.56 Å². The molecular formula is C19H19ClN4O5. The fourth-order valence-corrected chi connectivity index (χ4v) is 2.47. The molecule has 2 aromatic rings. The minimum Gasteiger partial charge on any atom is -0.496 e. The Kier molecular flexibility index (Phi) is 7.67. The third-order valence-electron chi connectivity index (χ3n) is 3.74. The van der Waals surface area contributed by atoms with Gasteiger partial charge in [0.05, 0.1) is 30.9 Å². The van der Waals surface area contributed by atoms with E-state index < -0.39 is 10.8 Å². The number of carbonyl (C=O) groups is 2. The summed E-state index contributed by atoms with van der Waals surface area (Å²) in [5.74, 6) is -0.555. The van der Waals surface area contributed by atoms with Gasteiger partial charge in [0.2, 0.25) is 11.8 Å². The lowest BCUT2D eigenvalue weighted by Gasteiger charge is -2.08. The number of nitro groups is 1. The first-order chi connectivity index (χ1) is 13.8. The Morgan fingerprint density at radius 1 is 1.17 bits per heavy atom. The summed E-state index contributed by atoms with van der Waals surface area (Å²) in [4.78, 5) is 34.6. The number of nitrogens with zero attached hydrogens (tertiary/aromatic N) is 2. The lowest BCUT2D eigenvalue weighted by Crippen LogP contribution is -2.23. The van der Waals surface area contributed by atoms with E-state index in [0.29, 0.717) is 16.5 Å². The number of hydrogen-bond acceptors (Lipinski definition) is 6. The average Bonchev–Trinajstić information content (AvgIpc) is 2.68. The van der Waals surface area contributed by atoms with E-state index in [-0.39, 0.29) is 30.1 Å². The minimum atomic E-state index is -0.615. The van der Waals surface area contributed by atoms with E-state index >= 15 is 0 Å². The van der Waals surface area contributed by atoms with Gasteiger partial charge in [-0.05, 0) is 36.8 Å². The van der Waals surface area contributed by atoms with Gasteiger partial charge in [0.1, 0.15) is 11.4 Å². The molecule has 0 heterocycles. The van der Waals surface area contributed by atoms with Crippen molar-refractivity contribution in [1.82, 2.24) is 5.43 Å². The molecule has 0 aliphatic rings. The van der Waals surface area contributed by atoms with Crippen molar-refractivity contribution in [3.05, 3.63) is 63.2 Å². The zero-order valence-corrected chi connectivity index (χ0v) is 16.5. The van der Waals surface area contributed by atoms with Crippen LogP contribution < -0.4 is 15.5 Å². The number of nitrogens with one attached hydrogen (secondary N) is 2. The molecule has 29 heavy (non-hydrogen) atoms. The van der Waals surface area contributed by atoms with Gasteiger partial charge in [-0.1, -0.05) is 23.7 Å². The normalized spacial score (nSPS) is 10.9. The lowest BCUT2D eigenvalue weighted by atomic mass is 10.1. The molecule has 0 aliphatic carbocycles. The van der Waals surface area contributed by atoms with Crippen molar-refractivity contribution in [1.29, 1.82) is 0 Å². The van der Waals surface area contributed by atoms with E-state index in [2.05, 4.69) is 15.8 Å². The number of methoxy groups -OCH3 is 1. The van der Waals surface area contributed by atoms with Gasteiger partial charge in [0.15, 0.2) is 0 Å². The standard InChI is InChI=1S/C19H19ClN4O5/c1-12(22-23-19(26)10-13-3-5-14(20)6-4-13)9-18(25)21-16-8-7-15(29-2)11-17(16)24(27)28/h3-8,11H,9-10H2,1-2H3,(H,21,25)(H,23,26)/b22-12+. The summed E-state index contributed by atoms with van der Waals surface area (Å²) >= 11 is 5.80. The number of ether oxygens (including phenoxy) is 1. The van der Waals surface area contributed by atoms with Crippen LogP contribution in [0.3, 0.4) is 0 Å². The van der Waals surface area contributed by atoms with Crippen molar-refractivity contribution < 1.29 is 19.2 Å². The first-order valence-corrected chi connectivity index (χ1v) is 8.85. The molecule has 152 valence electrons. The maximum absolute atomic E-state index is 12.1. The molecule has 2 aromatic carbocycles. The Hall–Kier alpha value is -3.46. The zero-order valence-electron chi connectivity index (χ0n) is 15.8. The van der Waals surface area contributed by atoms with Crippen LogP contribution in [0.15, 0.2) is 47.6 Å². The Labute approximate surface area is 171 Å². The molecule has 0 spiro atoms. The van der Waals surface area contributed by atoms with Crippen LogP contribution in [0, 0.1) is 10.1 Å². The van der Waals surface area contributed by atoms with E-state index in [1.807, 2.05) is 0 Å². The van der Waals surface area contributed by atoms with Crippen molar-refractivity contribution in [2.45, 2.75) is 19.8 Å². The fourth-order valence-electron chi connectivity index (χ4n) is 2.35. The second kappa shape index (κ2) is 10.2. The van der Waals surface area contributed by atoms with Crippen LogP contribution in [-0.4, -0.2) is 29.6 Å². The van der Waals surface area contributed by atoms with Crippen molar-refractivity contribution >= 4 is 40.5 Å². The van der Waals surface area contributed by atoms with Crippen LogP contribution in [0.5, 0.6) is 5.75 Å². The monoisotopic (exact) mass is 418 g/mol. The Morgan fingerprint density at radius 2 is 1.86 bits per heavy atom. The quantitative estimate of drug-likeness (QED) is 0.386. The number of nitro benzene ring substituents is 1. The summed E-state index contributed by atoms with van der Waals surface area (Å²) < 4.78 is 4.95. The summed E-state index contributed by atoms with van der Waals surface area (Å²) in [5.41, 5.74) is 3.23. The fraction of sp³-hybridized carbons (Fsp3) is 0.211. The second-order valence-electron chi connectivity index (χ2n) is 6.05. The number of rotatable bonds is 8. The Balaban J connectivity index is 1.92. The zero-order chi connectivity index (χ0) is 21.4. The molecule has 2 rings (SSSR count). The first kappa shape index (κ1) is 21.8. The molecule has 0 fully saturated rings. The summed E-state index contributed by atoms with van der Waals surface area (Å²) in [6.07, 6.45) is -0.0391. The molecule has 0 unspecified atom stereocenters. The van der Waals surface area contributed by atoms with Gasteiger partial charge in [-0.15, -0.1) is 0 Å². The summed E-state index contributed by atoms with van der Waals surface area (Å²) in [6, 6.07) is 10.9. The molecule has 0 bridgehead atoms. The number of hydrazone groups is 1. The predicted molar refractivity (Wildman–Crippen MR) is 109 cm³/mol. The summed E-state index contributed by atoms with van der Waals surface area (Å²) in [6.45, 7) is 1.56. The van der Waals surface area contributed by atoms with Crippen LogP contribution in [0.4, 0.5) is 11.4 Å². The van der Waals surface area contributed by atoms with Gasteiger partial charge < -0.3 is 10.1 Å². The van der Waals surface area contributed by atoms with E-state index in [9.17, 15) is 19.7 Å². The summed E-state index contributed by atoms with van der Waals surface area (Å²) in [7, 11) is 1.39. The number of halogens is 1. The van der Waals surface area contributed by atoms with Crippen LogP contribution >= 0.6 is 11.6 Å². The maximum Gasteiger partial charge on any atom is 0.296 e. The first-order valence-electron chi connectivity index (χ1n) is 8.47. The third-order valence-corrected chi connectivity index (χ3v) is 3.99. The van der Waals surface area contributed by atoms with Crippen LogP contribution in [0.1, 0.15) is 18.9 Å². The van der Waals surface area contributed by atoms with Crippen LogP contribution in [0.2, 0.25) is 5.02 Å². The van der Waals surface area contributed by atoms with E-state index in [4.69, 9.17) is 16.3 Å². The van der Waals surface area contributed by atoms with Gasteiger partial charge in [-0.3, -0.25) is 19.7 Å². The topological polar surface area (TPSA) is 123 Å². The van der Waals surface area contributed by atoms with Crippen molar-refractivity contribution in [3.8, 4) is 5.75 Å². The average molecular weight is 419 g/mol. The molecule has 9 nitrogen and oxygen atoms in total. The highest BCUT2D eigenvalue weighted by molar-refractivity contribution is 6.30. The van der Waals surface area contributed by atoms with E-state index in [1.165, 1.54) is 25.3 Å². The molecule has 10 heteroatoms. The van der Waals surface area contributed by atoms with Gasteiger partial charge in [-0.2, -0.15) is 5.10 Å². The molecule has 2 N–H and O–H groups in total. The Morgan fingerprint density at radius 3 is 2.48 bits per heavy atom. The number of amides is 2. The number of anilines is 1. The molecule has 0 aliphatic heterocycles. The SMILES string of the molecule is COc1ccc(NC(=O)C/C(C)=N/NC(=O)Cc2ccc(Cl)cc2)c([N+](=O)[O-])c1. The number of hydrogen-bond donors (Lipinski definition) is 2. The van der Waals surface area contributed by atoms with Gasteiger partial charge >= 0.3 is 0 Å². The smallest absolute Gasteiger partial charge is 0.296 e. The highest BCUT2D eigenvalue weighted by Crippen LogP contribution is 2.29. The molecule has 0 saturated heterocycles. The van der Waals surface area contributed by atoms with Gasteiger partial charge in [-0.25, -0.2) is 5.43 Å². The van der Waals surface area contributed by atoms with Gasteiger partial charge in [0.25, 0.3) is 5.69 Å². The van der Waals surface area contributed by atoms with Crippen molar-refractivity contribution in [2.75, 3.05) is 12.4 Å². The molecule has 2 amide bonds. The van der Waals surface area contributed by atoms with Crippen LogP contribution in [0.25, 0.3) is 0 Å². The highest BCUT2D eigenvalue weighted by atomic mass is 35.5. The number of benzene rings is 2. The van der Waals surface area contributed by atoms with Gasteiger partial charge in [0, 0.05) is 10.7 Å². The highest BCUT2D eigenvalue weighted by Gasteiger charge is 2.17. The van der Waals surface area contributed by atoms with Crippen molar-refractivity contribution in [3.63, 3.8) is 0 Å². The Bertz CT molecular complexity index is 944. The molecular weight excluding hydrogens is 400 g/mol. The summed E-state index contributed by atoms with van der Waals surface area (Å²) in [5, 5.41) is 18.1. The van der Waals surface area contributed by atoms with E-state index in [1.54, 1.807) is 31.2 Å². The third kappa shape index (κ3) is 6.89. The molecule has 0 saturated carbocycles. The minimum absolute atomic E-state index is 0.0420. The molecule has 0 aromatic heterocycles.